The van der Waals surface area contributed by atoms with Gasteiger partial charge in [-0.2, -0.15) is 0 Å². The summed E-state index contributed by atoms with van der Waals surface area (Å²) >= 11 is 3.38. The molecule has 0 bridgehead atoms. The number of nitrogens with two attached hydrogens (primary N) is 1. The third-order valence-electron chi connectivity index (χ3n) is 1.82. The second kappa shape index (κ2) is 5.33. The first-order valence-electron chi connectivity index (χ1n) is 4.18. The molecule has 0 heterocycles. The van der Waals surface area contributed by atoms with Gasteiger partial charge < -0.3 is 5.73 Å². The van der Waals surface area contributed by atoms with Crippen molar-refractivity contribution in [1.29, 1.82) is 0 Å². The molecule has 0 saturated heterocycles. The molecule has 0 aromatic heterocycles. The van der Waals surface area contributed by atoms with Gasteiger partial charge in [0, 0.05) is 11.4 Å². The summed E-state index contributed by atoms with van der Waals surface area (Å²) in [6.07, 6.45) is 2.02. The average molecular weight is 228 g/mol. The summed E-state index contributed by atoms with van der Waals surface area (Å²) in [5.74, 6) is 0. The van der Waals surface area contributed by atoms with Crippen LogP contribution in [0.15, 0.2) is 30.3 Å². The summed E-state index contributed by atoms with van der Waals surface area (Å²) in [6, 6.07) is 10.7. The average Bonchev–Trinajstić information content (AvgIpc) is 2.06. The normalized spacial score (nSPS) is 12.8. The van der Waals surface area contributed by atoms with Gasteiger partial charge in [-0.1, -0.05) is 46.3 Å². The predicted molar refractivity (Wildman–Crippen MR) is 56.5 cm³/mol. The largest absolute Gasteiger partial charge is 0.327 e. The van der Waals surface area contributed by atoms with Gasteiger partial charge in [-0.25, -0.2) is 0 Å². The van der Waals surface area contributed by atoms with Crippen LogP contribution in [0, 0.1) is 0 Å². The zero-order valence-electron chi connectivity index (χ0n) is 7.04. The standard InChI is InChI=1S/C10H14BrN/c11-7-6-10(12)8-9-4-2-1-3-5-9/h1-5,10H,6-8,12H2/t10-/m1/s1. The first kappa shape index (κ1) is 9.75. The van der Waals surface area contributed by atoms with Gasteiger partial charge in [0.2, 0.25) is 0 Å². The fourth-order valence-corrected chi connectivity index (χ4v) is 1.75. The molecule has 0 saturated carbocycles. The number of alkyl halides is 1. The van der Waals surface area contributed by atoms with Gasteiger partial charge in [-0.15, -0.1) is 0 Å². The molecular formula is C10H14BrN. The molecule has 0 spiro atoms. The lowest BCUT2D eigenvalue weighted by Crippen LogP contribution is -2.22. The van der Waals surface area contributed by atoms with Crippen molar-refractivity contribution in [3.8, 4) is 0 Å². The summed E-state index contributed by atoms with van der Waals surface area (Å²) in [5, 5.41) is 0.987. The zero-order valence-corrected chi connectivity index (χ0v) is 8.63. The van der Waals surface area contributed by atoms with Crippen LogP contribution in [0.4, 0.5) is 0 Å². The van der Waals surface area contributed by atoms with E-state index in [-0.39, 0.29) is 6.04 Å². The third-order valence-corrected chi connectivity index (χ3v) is 2.28. The molecule has 66 valence electrons. The Kier molecular flexibility index (Phi) is 4.33. The van der Waals surface area contributed by atoms with E-state index in [0.29, 0.717) is 0 Å². The number of hydrogen-bond acceptors (Lipinski definition) is 1. The second-order valence-corrected chi connectivity index (χ2v) is 3.72. The highest BCUT2D eigenvalue weighted by Gasteiger charge is 2.01. The molecule has 0 aliphatic carbocycles. The van der Waals surface area contributed by atoms with E-state index in [4.69, 9.17) is 5.73 Å². The van der Waals surface area contributed by atoms with Crippen molar-refractivity contribution in [2.45, 2.75) is 18.9 Å². The van der Waals surface area contributed by atoms with E-state index in [2.05, 4.69) is 40.2 Å². The van der Waals surface area contributed by atoms with Crippen molar-refractivity contribution in [3.63, 3.8) is 0 Å². The van der Waals surface area contributed by atoms with Gasteiger partial charge in [0.1, 0.15) is 0 Å². The van der Waals surface area contributed by atoms with Gasteiger partial charge >= 0.3 is 0 Å². The van der Waals surface area contributed by atoms with Crippen molar-refractivity contribution in [2.75, 3.05) is 5.33 Å². The van der Waals surface area contributed by atoms with Gasteiger partial charge in [-0.05, 0) is 18.4 Å². The highest BCUT2D eigenvalue weighted by Crippen LogP contribution is 2.04. The van der Waals surface area contributed by atoms with Crippen LogP contribution in [0.25, 0.3) is 0 Å². The topological polar surface area (TPSA) is 26.0 Å². The molecule has 1 rings (SSSR count). The van der Waals surface area contributed by atoms with E-state index >= 15 is 0 Å². The van der Waals surface area contributed by atoms with Gasteiger partial charge in [0.05, 0.1) is 0 Å². The molecule has 1 aromatic carbocycles. The fraction of sp³-hybridized carbons (Fsp3) is 0.400. The van der Waals surface area contributed by atoms with Crippen LogP contribution in [0.5, 0.6) is 0 Å². The van der Waals surface area contributed by atoms with Crippen LogP contribution in [0.2, 0.25) is 0 Å². The second-order valence-electron chi connectivity index (χ2n) is 2.93. The quantitative estimate of drug-likeness (QED) is 0.786. The van der Waals surface area contributed by atoms with E-state index in [1.54, 1.807) is 0 Å². The van der Waals surface area contributed by atoms with E-state index in [0.717, 1.165) is 18.2 Å². The lowest BCUT2D eigenvalue weighted by Gasteiger charge is -2.08. The van der Waals surface area contributed by atoms with Crippen molar-refractivity contribution < 1.29 is 0 Å². The first-order valence-corrected chi connectivity index (χ1v) is 5.30. The Labute approximate surface area is 82.1 Å². The molecule has 1 aromatic rings. The fourth-order valence-electron chi connectivity index (χ4n) is 1.16. The molecule has 12 heavy (non-hydrogen) atoms. The van der Waals surface area contributed by atoms with Crippen LogP contribution < -0.4 is 5.73 Å². The maximum absolute atomic E-state index is 5.89. The van der Waals surface area contributed by atoms with Crippen molar-refractivity contribution in [1.82, 2.24) is 0 Å². The highest BCUT2D eigenvalue weighted by atomic mass is 79.9. The maximum Gasteiger partial charge on any atom is 0.00872 e. The minimum atomic E-state index is 0.284. The summed E-state index contributed by atoms with van der Waals surface area (Å²) in [4.78, 5) is 0. The monoisotopic (exact) mass is 227 g/mol. The third kappa shape index (κ3) is 3.37. The van der Waals surface area contributed by atoms with Crippen molar-refractivity contribution in [2.24, 2.45) is 5.73 Å². The van der Waals surface area contributed by atoms with Crippen LogP contribution >= 0.6 is 15.9 Å². The van der Waals surface area contributed by atoms with Gasteiger partial charge in [0.15, 0.2) is 0 Å². The van der Waals surface area contributed by atoms with Crippen LogP contribution in [-0.2, 0) is 6.42 Å². The van der Waals surface area contributed by atoms with E-state index < -0.39 is 0 Å². The summed E-state index contributed by atoms with van der Waals surface area (Å²) < 4.78 is 0. The Bertz CT molecular complexity index is 210. The highest BCUT2D eigenvalue weighted by molar-refractivity contribution is 9.09. The number of halogens is 1. The van der Waals surface area contributed by atoms with Crippen molar-refractivity contribution >= 4 is 15.9 Å². The minimum Gasteiger partial charge on any atom is -0.327 e. The SMILES string of the molecule is N[C@H](CCBr)Cc1ccccc1. The molecule has 0 unspecified atom stereocenters. The smallest absolute Gasteiger partial charge is 0.00872 e. The lowest BCUT2D eigenvalue weighted by atomic mass is 10.1. The Morgan fingerprint density at radius 1 is 1.25 bits per heavy atom. The molecule has 0 aliphatic rings. The molecule has 0 aliphatic heterocycles. The van der Waals surface area contributed by atoms with Crippen LogP contribution in [0.3, 0.4) is 0 Å². The minimum absolute atomic E-state index is 0.284. The lowest BCUT2D eigenvalue weighted by molar-refractivity contribution is 0.654. The molecule has 0 radical (unpaired) electrons. The zero-order chi connectivity index (χ0) is 8.81. The predicted octanol–water partition coefficient (Wildman–Crippen LogP) is 2.34. The van der Waals surface area contributed by atoms with Crippen molar-refractivity contribution in [3.05, 3.63) is 35.9 Å². The Morgan fingerprint density at radius 2 is 1.92 bits per heavy atom. The van der Waals surface area contributed by atoms with Gasteiger partial charge in [-0.3, -0.25) is 0 Å². The number of hydrogen-bond donors (Lipinski definition) is 1. The molecule has 0 fully saturated rings. The molecule has 2 heteroatoms. The Balaban J connectivity index is 2.41. The summed E-state index contributed by atoms with van der Waals surface area (Å²) in [5.41, 5.74) is 7.21. The first-order chi connectivity index (χ1) is 5.83. The number of benzene rings is 1. The molecular weight excluding hydrogens is 214 g/mol. The summed E-state index contributed by atoms with van der Waals surface area (Å²) in [6.45, 7) is 0. The van der Waals surface area contributed by atoms with E-state index in [1.165, 1.54) is 5.56 Å². The Morgan fingerprint density at radius 3 is 2.50 bits per heavy atom. The Hall–Kier alpha value is -0.340. The van der Waals surface area contributed by atoms with Crippen LogP contribution in [-0.4, -0.2) is 11.4 Å². The molecule has 2 N–H and O–H groups in total. The molecule has 1 atom stereocenters. The number of rotatable bonds is 4. The molecule has 1 nitrogen and oxygen atoms in total. The van der Waals surface area contributed by atoms with Gasteiger partial charge in [0.25, 0.3) is 0 Å². The molecule has 0 amide bonds. The summed E-state index contributed by atoms with van der Waals surface area (Å²) in [7, 11) is 0. The van der Waals surface area contributed by atoms with E-state index in [9.17, 15) is 0 Å². The van der Waals surface area contributed by atoms with E-state index in [1.807, 2.05) is 6.07 Å². The maximum atomic E-state index is 5.89. The van der Waals surface area contributed by atoms with Crippen LogP contribution in [0.1, 0.15) is 12.0 Å².